The van der Waals surface area contributed by atoms with Crippen molar-refractivity contribution in [2.75, 3.05) is 13.1 Å². The molecule has 0 fully saturated rings. The number of para-hydroxylation sites is 1. The Kier molecular flexibility index (Phi) is 6.66. The minimum Gasteiger partial charge on any atom is -0.460 e. The molecule has 11 heteroatoms. The first kappa shape index (κ1) is 25.1. The number of carbonyl (C=O) groups is 4. The molecule has 11 nitrogen and oxygen atoms in total. The molecule has 38 heavy (non-hydrogen) atoms. The number of rotatable bonds is 7. The van der Waals surface area contributed by atoms with Crippen molar-refractivity contribution in [1.29, 1.82) is 0 Å². The first-order valence-electron chi connectivity index (χ1n) is 12.3. The topological polar surface area (TPSA) is 146 Å². The van der Waals surface area contributed by atoms with Crippen LogP contribution in [0.1, 0.15) is 42.9 Å². The molecule has 2 aliphatic rings. The fourth-order valence-corrected chi connectivity index (χ4v) is 4.81. The van der Waals surface area contributed by atoms with Gasteiger partial charge in [-0.25, -0.2) is 4.98 Å². The predicted molar refractivity (Wildman–Crippen MR) is 135 cm³/mol. The molecule has 5 rings (SSSR count). The van der Waals surface area contributed by atoms with Gasteiger partial charge in [0.1, 0.15) is 25.2 Å². The van der Waals surface area contributed by atoms with Gasteiger partial charge in [-0.05, 0) is 30.7 Å². The Bertz CT molecular complexity index is 1540. The normalized spacial score (nSPS) is 16.1. The van der Waals surface area contributed by atoms with E-state index in [2.05, 4.69) is 10.6 Å². The summed E-state index contributed by atoms with van der Waals surface area (Å²) in [4.78, 5) is 66.5. The standard InChI is InChI=1S/C27H26N4O7/c1-3-21(32)28-10-22(33)29-11-23(34)38-14(2)24-17-9-20-25-16(8-15-6-4-5-7-19(15)30-25)12-31(20)26(35)18(17)13-37-27(24)36/h4-9,14,24H,3,10-13H2,1-2H3,(H,28,32)(H,29,33)/t14?,24-/m1/s1. The third kappa shape index (κ3) is 4.62. The van der Waals surface area contributed by atoms with Crippen molar-refractivity contribution >= 4 is 34.7 Å². The second-order valence-corrected chi connectivity index (χ2v) is 9.23. The number of fused-ring (bicyclic) bond motifs is 5. The number of nitrogens with zero attached hydrogens (tertiary/aromatic N) is 2. The lowest BCUT2D eigenvalue weighted by Crippen LogP contribution is -2.41. The van der Waals surface area contributed by atoms with E-state index >= 15 is 0 Å². The number of pyridine rings is 2. The molecule has 0 bridgehead atoms. The van der Waals surface area contributed by atoms with Crippen LogP contribution in [0.5, 0.6) is 0 Å². The van der Waals surface area contributed by atoms with Gasteiger partial charge in [0.2, 0.25) is 11.8 Å². The van der Waals surface area contributed by atoms with Crippen molar-refractivity contribution < 1.29 is 28.7 Å². The average Bonchev–Trinajstić information content (AvgIpc) is 3.26. The monoisotopic (exact) mass is 518 g/mol. The van der Waals surface area contributed by atoms with Gasteiger partial charge in [-0.1, -0.05) is 25.1 Å². The lowest BCUT2D eigenvalue weighted by atomic mass is 9.88. The molecule has 4 heterocycles. The number of hydrogen-bond acceptors (Lipinski definition) is 8. The number of carbonyl (C=O) groups excluding carboxylic acids is 4. The Balaban J connectivity index is 1.37. The molecule has 1 unspecified atom stereocenters. The van der Waals surface area contributed by atoms with Crippen LogP contribution in [0.2, 0.25) is 0 Å². The Hall–Kier alpha value is -4.54. The number of ether oxygens (including phenoxy) is 2. The number of benzene rings is 1. The van der Waals surface area contributed by atoms with Gasteiger partial charge in [-0.15, -0.1) is 0 Å². The van der Waals surface area contributed by atoms with E-state index in [1.54, 1.807) is 17.6 Å². The summed E-state index contributed by atoms with van der Waals surface area (Å²) in [6.45, 7) is 2.66. The summed E-state index contributed by atoms with van der Waals surface area (Å²) in [6.07, 6.45) is -0.741. The van der Waals surface area contributed by atoms with Crippen LogP contribution >= 0.6 is 0 Å². The van der Waals surface area contributed by atoms with E-state index in [4.69, 9.17) is 14.5 Å². The summed E-state index contributed by atoms with van der Waals surface area (Å²) in [6, 6.07) is 11.4. The molecular weight excluding hydrogens is 492 g/mol. The lowest BCUT2D eigenvalue weighted by molar-refractivity contribution is -0.158. The molecular formula is C27H26N4O7. The van der Waals surface area contributed by atoms with Gasteiger partial charge >= 0.3 is 11.9 Å². The Morgan fingerprint density at radius 2 is 1.89 bits per heavy atom. The number of esters is 2. The van der Waals surface area contributed by atoms with E-state index in [1.165, 1.54) is 6.92 Å². The minimum atomic E-state index is -1.02. The van der Waals surface area contributed by atoms with Gasteiger partial charge in [0, 0.05) is 17.4 Å². The summed E-state index contributed by atoms with van der Waals surface area (Å²) in [5, 5.41) is 5.74. The Labute approximate surface area is 217 Å². The SMILES string of the molecule is CCC(=O)NCC(=O)NCC(=O)OC(C)[C@H]1C(=O)OCc2c1cc1n(c2=O)Cc2cc3ccccc3nc2-1. The van der Waals surface area contributed by atoms with E-state index in [1.807, 2.05) is 30.3 Å². The first-order chi connectivity index (χ1) is 18.3. The summed E-state index contributed by atoms with van der Waals surface area (Å²) >= 11 is 0. The largest absolute Gasteiger partial charge is 0.460 e. The second-order valence-electron chi connectivity index (χ2n) is 9.23. The molecule has 2 N–H and O–H groups in total. The molecule has 0 saturated carbocycles. The molecule has 3 aromatic rings. The van der Waals surface area contributed by atoms with Gasteiger partial charge in [-0.3, -0.25) is 24.0 Å². The molecule has 0 spiro atoms. The Morgan fingerprint density at radius 1 is 1.13 bits per heavy atom. The number of cyclic esters (lactones) is 1. The van der Waals surface area contributed by atoms with Crippen LogP contribution in [0.4, 0.5) is 0 Å². The molecule has 2 aromatic heterocycles. The molecule has 2 amide bonds. The molecule has 196 valence electrons. The summed E-state index contributed by atoms with van der Waals surface area (Å²) in [5.41, 5.74) is 3.44. The quantitative estimate of drug-likeness (QED) is 0.347. The zero-order chi connectivity index (χ0) is 27.0. The maximum atomic E-state index is 13.4. The highest BCUT2D eigenvalue weighted by Gasteiger charge is 2.39. The van der Waals surface area contributed by atoms with Crippen LogP contribution in [0, 0.1) is 0 Å². The lowest BCUT2D eigenvalue weighted by Gasteiger charge is -2.29. The fourth-order valence-electron chi connectivity index (χ4n) is 4.81. The van der Waals surface area contributed by atoms with Crippen LogP contribution in [0.25, 0.3) is 22.3 Å². The highest BCUT2D eigenvalue weighted by Crippen LogP contribution is 2.37. The first-order valence-corrected chi connectivity index (χ1v) is 12.3. The maximum Gasteiger partial charge on any atom is 0.325 e. The zero-order valence-corrected chi connectivity index (χ0v) is 20.9. The summed E-state index contributed by atoms with van der Waals surface area (Å²) in [5.74, 6) is -3.26. The van der Waals surface area contributed by atoms with E-state index in [0.29, 0.717) is 29.1 Å². The number of hydrogen-bond donors (Lipinski definition) is 2. The molecule has 0 radical (unpaired) electrons. The van der Waals surface area contributed by atoms with Crippen molar-refractivity contribution in [2.24, 2.45) is 0 Å². The summed E-state index contributed by atoms with van der Waals surface area (Å²) in [7, 11) is 0. The minimum absolute atomic E-state index is 0.171. The van der Waals surface area contributed by atoms with Crippen LogP contribution in [-0.4, -0.2) is 52.5 Å². The van der Waals surface area contributed by atoms with Crippen molar-refractivity contribution in [3.05, 3.63) is 63.4 Å². The fraction of sp³-hybridized carbons (Fsp3) is 0.333. The van der Waals surface area contributed by atoms with E-state index in [0.717, 1.165) is 16.5 Å². The highest BCUT2D eigenvalue weighted by atomic mass is 16.6. The predicted octanol–water partition coefficient (Wildman–Crippen LogP) is 1.14. The summed E-state index contributed by atoms with van der Waals surface area (Å²) < 4.78 is 12.3. The molecule has 2 aliphatic heterocycles. The van der Waals surface area contributed by atoms with Gasteiger partial charge in [0.15, 0.2) is 0 Å². The third-order valence-electron chi connectivity index (χ3n) is 6.74. The van der Waals surface area contributed by atoms with Crippen LogP contribution in [-0.2, 0) is 41.8 Å². The van der Waals surface area contributed by atoms with Gasteiger partial charge < -0.3 is 24.7 Å². The number of aromatic nitrogens is 2. The van der Waals surface area contributed by atoms with Crippen molar-refractivity contribution in [3.63, 3.8) is 0 Å². The second kappa shape index (κ2) is 10.1. The van der Waals surface area contributed by atoms with Crippen molar-refractivity contribution in [1.82, 2.24) is 20.2 Å². The average molecular weight is 519 g/mol. The van der Waals surface area contributed by atoms with Crippen LogP contribution in [0.15, 0.2) is 41.2 Å². The highest BCUT2D eigenvalue weighted by molar-refractivity contribution is 5.88. The molecule has 0 aliphatic carbocycles. The third-order valence-corrected chi connectivity index (χ3v) is 6.74. The molecule has 2 atom stereocenters. The molecule has 0 saturated heterocycles. The van der Waals surface area contributed by atoms with Crippen LogP contribution < -0.4 is 16.2 Å². The van der Waals surface area contributed by atoms with E-state index < -0.39 is 36.4 Å². The number of amides is 2. The van der Waals surface area contributed by atoms with E-state index in [9.17, 15) is 24.0 Å². The Morgan fingerprint density at radius 3 is 2.68 bits per heavy atom. The number of nitrogens with one attached hydrogen (secondary N) is 2. The van der Waals surface area contributed by atoms with E-state index in [-0.39, 0.29) is 31.0 Å². The van der Waals surface area contributed by atoms with Crippen molar-refractivity contribution in [2.45, 2.75) is 45.4 Å². The smallest absolute Gasteiger partial charge is 0.325 e. The van der Waals surface area contributed by atoms with Crippen molar-refractivity contribution in [3.8, 4) is 11.4 Å². The zero-order valence-electron chi connectivity index (χ0n) is 20.9. The van der Waals surface area contributed by atoms with Gasteiger partial charge in [0.25, 0.3) is 5.56 Å². The van der Waals surface area contributed by atoms with Gasteiger partial charge in [-0.2, -0.15) is 0 Å². The van der Waals surface area contributed by atoms with Gasteiger partial charge in [0.05, 0.1) is 35.6 Å². The molecule has 1 aromatic carbocycles. The maximum absolute atomic E-state index is 13.4. The van der Waals surface area contributed by atoms with Crippen LogP contribution in [0.3, 0.4) is 0 Å².